The Hall–Kier alpha value is -3.38. The number of halogens is 1. The van der Waals surface area contributed by atoms with Crippen molar-refractivity contribution in [3.8, 4) is 16.2 Å². The second-order valence-electron chi connectivity index (χ2n) is 6.96. The van der Waals surface area contributed by atoms with Gasteiger partial charge in [0.15, 0.2) is 5.76 Å². The number of amides is 1. The van der Waals surface area contributed by atoms with Gasteiger partial charge >= 0.3 is 0 Å². The number of furan rings is 1. The van der Waals surface area contributed by atoms with E-state index >= 15 is 0 Å². The van der Waals surface area contributed by atoms with Crippen molar-refractivity contribution in [2.75, 3.05) is 11.5 Å². The molecule has 31 heavy (non-hydrogen) atoms. The average Bonchev–Trinajstić information content (AvgIpc) is 3.49. The fraction of sp³-hybridized carbons (Fsp3) is 0.160. The number of rotatable bonds is 8. The first-order valence-electron chi connectivity index (χ1n) is 10.1. The molecule has 6 heteroatoms. The number of carbonyl (C=O) groups is 1. The van der Waals surface area contributed by atoms with Crippen LogP contribution in [0.5, 0.6) is 5.75 Å². The molecule has 2 heterocycles. The molecule has 0 atom stereocenters. The summed E-state index contributed by atoms with van der Waals surface area (Å²) in [5, 5.41) is 0. The molecule has 0 saturated heterocycles. The van der Waals surface area contributed by atoms with E-state index in [1.807, 2.05) is 36.4 Å². The predicted octanol–water partition coefficient (Wildman–Crippen LogP) is 6.78. The van der Waals surface area contributed by atoms with E-state index < -0.39 is 5.82 Å². The standard InChI is InChI=1S/C25H22FNO3S/c1-2-15-29-19-11-9-18(10-12-19)24-14-13-20(31-24)17-27(22-7-4-3-6-21(22)26)25(28)23-8-5-16-30-23/h3-14,16H,2,15,17H2,1H3. The summed E-state index contributed by atoms with van der Waals surface area (Å²) in [6.07, 6.45) is 2.40. The fourth-order valence-electron chi connectivity index (χ4n) is 3.18. The number of hydrogen-bond donors (Lipinski definition) is 0. The van der Waals surface area contributed by atoms with Gasteiger partial charge in [0, 0.05) is 9.75 Å². The number of ether oxygens (including phenoxy) is 1. The first-order chi connectivity index (χ1) is 15.2. The Morgan fingerprint density at radius 2 is 1.84 bits per heavy atom. The molecule has 0 aliphatic heterocycles. The molecular formula is C25H22FNO3S. The molecule has 2 aromatic heterocycles. The van der Waals surface area contributed by atoms with Gasteiger partial charge in [0.25, 0.3) is 5.91 Å². The van der Waals surface area contributed by atoms with Gasteiger partial charge in [-0.1, -0.05) is 19.1 Å². The number of thiophene rings is 1. The second-order valence-corrected chi connectivity index (χ2v) is 8.13. The largest absolute Gasteiger partial charge is 0.494 e. The summed E-state index contributed by atoms with van der Waals surface area (Å²) >= 11 is 1.57. The van der Waals surface area contributed by atoms with Crippen molar-refractivity contribution in [3.05, 3.63) is 95.5 Å². The van der Waals surface area contributed by atoms with Crippen LogP contribution in [0.2, 0.25) is 0 Å². The van der Waals surface area contributed by atoms with Crippen LogP contribution < -0.4 is 9.64 Å². The lowest BCUT2D eigenvalue weighted by atomic mass is 10.2. The van der Waals surface area contributed by atoms with E-state index in [0.29, 0.717) is 6.61 Å². The van der Waals surface area contributed by atoms with Crippen LogP contribution in [0.4, 0.5) is 10.1 Å². The van der Waals surface area contributed by atoms with Gasteiger partial charge in [0.1, 0.15) is 11.6 Å². The van der Waals surface area contributed by atoms with E-state index in [1.165, 1.54) is 17.2 Å². The van der Waals surface area contributed by atoms with Crippen molar-refractivity contribution in [1.82, 2.24) is 0 Å². The number of benzene rings is 2. The topological polar surface area (TPSA) is 42.7 Å². The molecule has 0 N–H and O–H groups in total. The summed E-state index contributed by atoms with van der Waals surface area (Å²) in [6, 6.07) is 21.4. The van der Waals surface area contributed by atoms with Gasteiger partial charge in [0.2, 0.25) is 0 Å². The number of nitrogens with zero attached hydrogens (tertiary/aromatic N) is 1. The molecule has 4 rings (SSSR count). The Balaban J connectivity index is 1.57. The summed E-state index contributed by atoms with van der Waals surface area (Å²) < 4.78 is 25.4. The fourth-order valence-corrected chi connectivity index (χ4v) is 4.18. The predicted molar refractivity (Wildman–Crippen MR) is 121 cm³/mol. The first-order valence-corrected chi connectivity index (χ1v) is 10.9. The van der Waals surface area contributed by atoms with E-state index in [0.717, 1.165) is 27.5 Å². The Morgan fingerprint density at radius 1 is 1.03 bits per heavy atom. The molecule has 0 fully saturated rings. The zero-order valence-electron chi connectivity index (χ0n) is 17.1. The first kappa shape index (κ1) is 20.9. The summed E-state index contributed by atoms with van der Waals surface area (Å²) in [7, 11) is 0. The lowest BCUT2D eigenvalue weighted by molar-refractivity contribution is 0.0957. The highest BCUT2D eigenvalue weighted by molar-refractivity contribution is 7.15. The quantitative estimate of drug-likeness (QED) is 0.306. The third-order valence-corrected chi connectivity index (χ3v) is 5.83. The Bertz CT molecular complexity index is 1140. The average molecular weight is 436 g/mol. The Kier molecular flexibility index (Phi) is 6.48. The van der Waals surface area contributed by atoms with Crippen LogP contribution >= 0.6 is 11.3 Å². The van der Waals surface area contributed by atoms with E-state index in [2.05, 4.69) is 6.92 Å². The molecule has 2 aromatic carbocycles. The zero-order valence-corrected chi connectivity index (χ0v) is 17.9. The normalized spacial score (nSPS) is 10.8. The molecule has 1 amide bonds. The minimum Gasteiger partial charge on any atom is -0.494 e. The van der Waals surface area contributed by atoms with Crippen molar-refractivity contribution < 1.29 is 18.3 Å². The lowest BCUT2D eigenvalue weighted by Gasteiger charge is -2.21. The van der Waals surface area contributed by atoms with Gasteiger partial charge in [-0.15, -0.1) is 11.3 Å². The SMILES string of the molecule is CCCOc1ccc(-c2ccc(CN(C(=O)c3ccco3)c3ccccc3F)s2)cc1. The highest BCUT2D eigenvalue weighted by Crippen LogP contribution is 2.32. The Morgan fingerprint density at radius 3 is 2.55 bits per heavy atom. The highest BCUT2D eigenvalue weighted by atomic mass is 32.1. The van der Waals surface area contributed by atoms with Crippen LogP contribution in [0, 0.1) is 5.82 Å². The van der Waals surface area contributed by atoms with Crippen LogP contribution in [0.3, 0.4) is 0 Å². The van der Waals surface area contributed by atoms with Gasteiger partial charge in [-0.3, -0.25) is 9.69 Å². The molecule has 0 radical (unpaired) electrons. The van der Waals surface area contributed by atoms with Crippen LogP contribution in [0.1, 0.15) is 28.8 Å². The molecule has 158 valence electrons. The third kappa shape index (κ3) is 4.86. The van der Waals surface area contributed by atoms with E-state index in [4.69, 9.17) is 9.15 Å². The van der Waals surface area contributed by atoms with Crippen LogP contribution in [-0.4, -0.2) is 12.5 Å². The minimum atomic E-state index is -0.457. The van der Waals surface area contributed by atoms with E-state index in [-0.39, 0.29) is 23.9 Å². The molecule has 4 nitrogen and oxygen atoms in total. The Labute approximate surface area is 184 Å². The number of carbonyl (C=O) groups excluding carboxylic acids is 1. The number of para-hydroxylation sites is 1. The van der Waals surface area contributed by atoms with E-state index in [1.54, 1.807) is 41.7 Å². The van der Waals surface area contributed by atoms with Crippen molar-refractivity contribution in [2.24, 2.45) is 0 Å². The van der Waals surface area contributed by atoms with E-state index in [9.17, 15) is 9.18 Å². The maximum atomic E-state index is 14.5. The van der Waals surface area contributed by atoms with Gasteiger partial charge in [-0.25, -0.2) is 4.39 Å². The van der Waals surface area contributed by atoms with Crippen LogP contribution in [-0.2, 0) is 6.54 Å². The van der Waals surface area contributed by atoms with Crippen LogP contribution in [0.25, 0.3) is 10.4 Å². The lowest BCUT2D eigenvalue weighted by Crippen LogP contribution is -2.30. The molecule has 0 spiro atoms. The minimum absolute atomic E-state index is 0.169. The molecule has 0 bridgehead atoms. The van der Waals surface area contributed by atoms with Gasteiger partial charge in [-0.05, 0) is 72.6 Å². The number of hydrogen-bond acceptors (Lipinski definition) is 4. The summed E-state index contributed by atoms with van der Waals surface area (Å²) in [5.74, 6) is 0.171. The summed E-state index contributed by atoms with van der Waals surface area (Å²) in [4.78, 5) is 16.4. The molecular weight excluding hydrogens is 413 g/mol. The molecule has 0 aliphatic carbocycles. The maximum Gasteiger partial charge on any atom is 0.294 e. The molecule has 0 unspecified atom stereocenters. The van der Waals surface area contributed by atoms with Crippen molar-refractivity contribution in [2.45, 2.75) is 19.9 Å². The van der Waals surface area contributed by atoms with Crippen molar-refractivity contribution in [1.29, 1.82) is 0 Å². The van der Waals surface area contributed by atoms with Crippen LogP contribution in [0.15, 0.2) is 83.5 Å². The second kappa shape index (κ2) is 9.62. The molecule has 0 saturated carbocycles. The summed E-state index contributed by atoms with van der Waals surface area (Å²) in [5.41, 5.74) is 1.28. The maximum absolute atomic E-state index is 14.5. The molecule has 4 aromatic rings. The van der Waals surface area contributed by atoms with Crippen molar-refractivity contribution >= 4 is 22.9 Å². The highest BCUT2D eigenvalue weighted by Gasteiger charge is 2.23. The van der Waals surface area contributed by atoms with Gasteiger partial charge in [-0.2, -0.15) is 0 Å². The third-order valence-electron chi connectivity index (χ3n) is 4.71. The van der Waals surface area contributed by atoms with Gasteiger partial charge < -0.3 is 9.15 Å². The number of anilines is 1. The van der Waals surface area contributed by atoms with Gasteiger partial charge in [0.05, 0.1) is 25.1 Å². The van der Waals surface area contributed by atoms with Crippen molar-refractivity contribution in [3.63, 3.8) is 0 Å². The smallest absolute Gasteiger partial charge is 0.294 e. The molecule has 0 aliphatic rings. The monoisotopic (exact) mass is 435 g/mol. The zero-order chi connectivity index (χ0) is 21.6. The summed E-state index contributed by atoms with van der Waals surface area (Å²) in [6.45, 7) is 3.00.